The molecule has 7 nitrogen and oxygen atoms in total. The summed E-state index contributed by atoms with van der Waals surface area (Å²) < 4.78 is 1.75. The molecular weight excluding hydrogens is 306 g/mol. The number of carbonyl (C=O) groups is 1. The van der Waals surface area contributed by atoms with E-state index in [0.717, 1.165) is 30.6 Å². The van der Waals surface area contributed by atoms with Crippen LogP contribution in [-0.4, -0.2) is 43.6 Å². The average Bonchev–Trinajstić information content (AvgIpc) is 2.97. The summed E-state index contributed by atoms with van der Waals surface area (Å²) in [6.45, 7) is 3.21. The third kappa shape index (κ3) is 3.90. The molecule has 2 aromatic heterocycles. The van der Waals surface area contributed by atoms with Crippen molar-refractivity contribution in [3.63, 3.8) is 0 Å². The number of nitrogens with one attached hydrogen (secondary N) is 1. The monoisotopic (exact) mass is 329 g/mol. The Morgan fingerprint density at radius 2 is 2.29 bits per heavy atom. The highest BCUT2D eigenvalue weighted by atomic mass is 16.2. The Balaban J connectivity index is 1.62. The molecule has 3 rings (SSSR count). The lowest BCUT2D eigenvalue weighted by Crippen LogP contribution is -2.39. The molecule has 1 saturated heterocycles. The second kappa shape index (κ2) is 6.98. The number of hydrogen-bond acceptors (Lipinski definition) is 4. The number of piperidine rings is 1. The van der Waals surface area contributed by atoms with Crippen molar-refractivity contribution in [2.75, 3.05) is 13.1 Å². The van der Waals surface area contributed by atoms with Gasteiger partial charge < -0.3 is 9.88 Å². The van der Waals surface area contributed by atoms with Crippen molar-refractivity contribution in [1.82, 2.24) is 24.6 Å². The van der Waals surface area contributed by atoms with Crippen molar-refractivity contribution in [3.05, 3.63) is 45.9 Å². The maximum atomic E-state index is 12.5. The summed E-state index contributed by atoms with van der Waals surface area (Å²) in [5.74, 6) is 0.921. The van der Waals surface area contributed by atoms with Gasteiger partial charge in [0.2, 0.25) is 5.91 Å². The molecule has 2 aromatic rings. The first-order chi connectivity index (χ1) is 11.5. The average molecular weight is 329 g/mol. The van der Waals surface area contributed by atoms with E-state index in [1.54, 1.807) is 23.9 Å². The van der Waals surface area contributed by atoms with Crippen LogP contribution in [0, 0.1) is 6.92 Å². The van der Waals surface area contributed by atoms with Crippen LogP contribution in [0.4, 0.5) is 0 Å². The van der Waals surface area contributed by atoms with Gasteiger partial charge in [0.25, 0.3) is 5.56 Å². The second-order valence-electron chi connectivity index (χ2n) is 6.46. The predicted molar refractivity (Wildman–Crippen MR) is 89.7 cm³/mol. The normalized spacial score (nSPS) is 17.9. The highest BCUT2D eigenvalue weighted by Crippen LogP contribution is 2.25. The molecule has 0 radical (unpaired) electrons. The molecule has 24 heavy (non-hydrogen) atoms. The Kier molecular flexibility index (Phi) is 4.78. The fourth-order valence-electron chi connectivity index (χ4n) is 3.27. The molecule has 0 spiro atoms. The zero-order valence-corrected chi connectivity index (χ0v) is 14.2. The van der Waals surface area contributed by atoms with Gasteiger partial charge in [-0.1, -0.05) is 0 Å². The summed E-state index contributed by atoms with van der Waals surface area (Å²) in [4.78, 5) is 33.2. The van der Waals surface area contributed by atoms with Gasteiger partial charge in [-0.05, 0) is 31.7 Å². The van der Waals surface area contributed by atoms with E-state index in [9.17, 15) is 9.59 Å². The first-order valence-corrected chi connectivity index (χ1v) is 8.34. The quantitative estimate of drug-likeness (QED) is 0.912. The fraction of sp³-hybridized carbons (Fsp3) is 0.529. The van der Waals surface area contributed by atoms with Gasteiger partial charge in [-0.25, -0.2) is 4.98 Å². The Labute approximate surface area is 140 Å². The minimum absolute atomic E-state index is 0.127. The predicted octanol–water partition coefficient (Wildman–Crippen LogP) is 1.15. The van der Waals surface area contributed by atoms with Gasteiger partial charge in [-0.15, -0.1) is 0 Å². The van der Waals surface area contributed by atoms with E-state index in [1.807, 2.05) is 18.1 Å². The Morgan fingerprint density at radius 1 is 1.46 bits per heavy atom. The largest absolute Gasteiger partial charge is 0.342 e. The lowest BCUT2D eigenvalue weighted by atomic mass is 9.94. The van der Waals surface area contributed by atoms with Crippen molar-refractivity contribution in [3.8, 4) is 0 Å². The highest BCUT2D eigenvalue weighted by molar-refractivity contribution is 5.76. The summed E-state index contributed by atoms with van der Waals surface area (Å²) in [6.07, 6.45) is 6.83. The number of nitrogens with zero attached hydrogens (tertiary/aromatic N) is 4. The van der Waals surface area contributed by atoms with Gasteiger partial charge in [-0.3, -0.25) is 14.3 Å². The molecule has 0 bridgehead atoms. The summed E-state index contributed by atoms with van der Waals surface area (Å²) in [5.41, 5.74) is 1.74. The van der Waals surface area contributed by atoms with Crippen LogP contribution in [0.2, 0.25) is 0 Å². The molecule has 1 aliphatic heterocycles. The molecule has 1 atom stereocenters. The van der Waals surface area contributed by atoms with Gasteiger partial charge in [-0.2, -0.15) is 5.10 Å². The molecule has 3 heterocycles. The van der Waals surface area contributed by atoms with Gasteiger partial charge in [0, 0.05) is 44.7 Å². The van der Waals surface area contributed by atoms with E-state index in [2.05, 4.69) is 15.1 Å². The van der Waals surface area contributed by atoms with Crippen LogP contribution >= 0.6 is 0 Å². The number of amides is 1. The van der Waals surface area contributed by atoms with Crippen LogP contribution < -0.4 is 5.56 Å². The molecule has 1 N–H and O–H groups in total. The first-order valence-electron chi connectivity index (χ1n) is 8.34. The summed E-state index contributed by atoms with van der Waals surface area (Å²) in [6, 6.07) is 1.56. The first kappa shape index (κ1) is 16.4. The summed E-state index contributed by atoms with van der Waals surface area (Å²) >= 11 is 0. The summed E-state index contributed by atoms with van der Waals surface area (Å²) in [5, 5.41) is 4.13. The van der Waals surface area contributed by atoms with Crippen LogP contribution in [0.15, 0.2) is 23.3 Å². The maximum absolute atomic E-state index is 12.5. The minimum Gasteiger partial charge on any atom is -0.342 e. The number of aromatic amines is 1. The van der Waals surface area contributed by atoms with Crippen LogP contribution in [-0.2, 0) is 18.3 Å². The molecule has 1 aliphatic rings. The number of H-pyrrole nitrogens is 1. The molecule has 7 heteroatoms. The third-order valence-corrected chi connectivity index (χ3v) is 4.46. The van der Waals surface area contributed by atoms with Gasteiger partial charge in [0.15, 0.2) is 0 Å². The third-order valence-electron chi connectivity index (χ3n) is 4.46. The van der Waals surface area contributed by atoms with Crippen LogP contribution in [0.5, 0.6) is 0 Å². The SMILES string of the molecule is Cc1nc([C@@H]2CCCN(C(=O)CCc3cnn(C)c3)C2)cc(=O)[nH]1. The number of rotatable bonds is 4. The van der Waals surface area contributed by atoms with Gasteiger partial charge >= 0.3 is 0 Å². The molecular formula is C17H23N5O2. The number of hydrogen-bond donors (Lipinski definition) is 1. The Hall–Kier alpha value is -2.44. The molecule has 0 aliphatic carbocycles. The number of carbonyl (C=O) groups excluding carboxylic acids is 1. The van der Waals surface area contributed by atoms with E-state index in [1.165, 1.54) is 0 Å². The lowest BCUT2D eigenvalue weighted by molar-refractivity contribution is -0.132. The van der Waals surface area contributed by atoms with E-state index >= 15 is 0 Å². The number of likely N-dealkylation sites (tertiary alicyclic amines) is 1. The Morgan fingerprint density at radius 3 is 3.00 bits per heavy atom. The van der Waals surface area contributed by atoms with Crippen molar-refractivity contribution < 1.29 is 4.79 Å². The highest BCUT2D eigenvalue weighted by Gasteiger charge is 2.25. The maximum Gasteiger partial charge on any atom is 0.251 e. The second-order valence-corrected chi connectivity index (χ2v) is 6.46. The molecule has 0 unspecified atom stereocenters. The zero-order valence-electron chi connectivity index (χ0n) is 14.2. The van der Waals surface area contributed by atoms with Crippen LogP contribution in [0.3, 0.4) is 0 Å². The molecule has 1 fully saturated rings. The van der Waals surface area contributed by atoms with Crippen molar-refractivity contribution in [1.29, 1.82) is 0 Å². The molecule has 0 aromatic carbocycles. The van der Waals surface area contributed by atoms with Crippen molar-refractivity contribution in [2.24, 2.45) is 7.05 Å². The van der Waals surface area contributed by atoms with Gasteiger partial charge in [0.05, 0.1) is 11.9 Å². The van der Waals surface area contributed by atoms with Crippen molar-refractivity contribution >= 4 is 5.91 Å². The van der Waals surface area contributed by atoms with Crippen LogP contribution in [0.25, 0.3) is 0 Å². The van der Waals surface area contributed by atoms with Crippen LogP contribution in [0.1, 0.15) is 42.3 Å². The topological polar surface area (TPSA) is 83.9 Å². The smallest absolute Gasteiger partial charge is 0.251 e. The Bertz CT molecular complexity index is 779. The lowest BCUT2D eigenvalue weighted by Gasteiger charge is -2.32. The van der Waals surface area contributed by atoms with Gasteiger partial charge in [0.1, 0.15) is 5.82 Å². The van der Waals surface area contributed by atoms with Crippen molar-refractivity contribution in [2.45, 2.75) is 38.5 Å². The molecule has 1 amide bonds. The summed E-state index contributed by atoms with van der Waals surface area (Å²) in [7, 11) is 1.87. The molecule has 0 saturated carbocycles. The van der Waals surface area contributed by atoms with E-state index in [4.69, 9.17) is 0 Å². The minimum atomic E-state index is -0.127. The van der Waals surface area contributed by atoms with E-state index < -0.39 is 0 Å². The van der Waals surface area contributed by atoms with E-state index in [0.29, 0.717) is 25.2 Å². The molecule has 128 valence electrons. The number of aryl methyl sites for hydroxylation is 3. The standard InChI is InChI=1S/C17H23N5O2/c1-12-19-15(8-16(23)20-12)14-4-3-7-22(11-14)17(24)6-5-13-9-18-21(2)10-13/h8-10,14H,3-7,11H2,1-2H3,(H,19,20,23)/t14-/m1/s1. The fourth-order valence-corrected chi connectivity index (χ4v) is 3.27. The zero-order chi connectivity index (χ0) is 17.1. The number of aromatic nitrogens is 4. The van der Waals surface area contributed by atoms with E-state index in [-0.39, 0.29) is 17.4 Å².